The maximum absolute atomic E-state index is 13.3. The van der Waals surface area contributed by atoms with Gasteiger partial charge >= 0.3 is 0 Å². The molecule has 10 heteroatoms. The maximum Gasteiger partial charge on any atom is 0.252 e. The topological polar surface area (TPSA) is 96.6 Å². The molecule has 3 aromatic rings. The Kier molecular flexibility index (Phi) is 5.39. The van der Waals surface area contributed by atoms with Crippen LogP contribution in [0.1, 0.15) is 31.2 Å². The fourth-order valence-electron chi connectivity index (χ4n) is 4.55. The van der Waals surface area contributed by atoms with Gasteiger partial charge in [-0.05, 0) is 43.9 Å². The number of piperidine rings is 1. The van der Waals surface area contributed by atoms with Gasteiger partial charge in [-0.2, -0.15) is 9.29 Å². The molecule has 1 unspecified atom stereocenters. The van der Waals surface area contributed by atoms with Crippen LogP contribution in [0.4, 0.5) is 5.69 Å². The summed E-state index contributed by atoms with van der Waals surface area (Å²) >= 11 is 1.15. The molecule has 8 nitrogen and oxygen atoms in total. The smallest absolute Gasteiger partial charge is 0.252 e. The average Bonchev–Trinajstić information content (AvgIpc) is 3.51. The first kappa shape index (κ1) is 21.3. The number of benzene rings is 1. The zero-order chi connectivity index (χ0) is 22.5. The van der Waals surface area contributed by atoms with Crippen LogP contribution in [0.2, 0.25) is 0 Å². The predicted octanol–water partition coefficient (Wildman–Crippen LogP) is 3.49. The fourth-order valence-corrected chi connectivity index (χ4v) is 7.33. The number of aromatic nitrogens is 2. The fraction of sp³-hybridized carbons (Fsp3) is 0.409. The van der Waals surface area contributed by atoms with Crippen LogP contribution < -0.4 is 4.90 Å². The van der Waals surface area contributed by atoms with Crippen molar-refractivity contribution in [2.24, 2.45) is 5.92 Å². The lowest BCUT2D eigenvalue weighted by molar-refractivity contribution is -0.123. The quantitative estimate of drug-likeness (QED) is 0.577. The van der Waals surface area contributed by atoms with Gasteiger partial charge in [0.15, 0.2) is 0 Å². The number of rotatable bonds is 4. The summed E-state index contributed by atoms with van der Waals surface area (Å²) in [6, 6.07) is 9.73. The molecular weight excluding hydrogens is 448 g/mol. The number of carbonyl (C=O) groups is 1. The highest BCUT2D eigenvalue weighted by Gasteiger charge is 2.38. The Morgan fingerprint density at radius 1 is 1.22 bits per heavy atom. The lowest BCUT2D eigenvalue weighted by atomic mass is 9.96. The van der Waals surface area contributed by atoms with Crippen molar-refractivity contribution in [3.8, 4) is 11.4 Å². The number of sulfonamides is 1. The summed E-state index contributed by atoms with van der Waals surface area (Å²) in [4.78, 5) is 19.4. The summed E-state index contributed by atoms with van der Waals surface area (Å²) in [5.41, 5.74) is 2.80. The van der Waals surface area contributed by atoms with E-state index in [0.717, 1.165) is 23.4 Å². The normalized spacial score (nSPS) is 19.9. The molecule has 1 saturated heterocycles. The third kappa shape index (κ3) is 3.66. The zero-order valence-corrected chi connectivity index (χ0v) is 19.5. The van der Waals surface area contributed by atoms with Crippen molar-refractivity contribution in [2.45, 2.75) is 43.4 Å². The minimum Gasteiger partial charge on any atom is -0.339 e. The van der Waals surface area contributed by atoms with Crippen molar-refractivity contribution in [3.05, 3.63) is 47.2 Å². The molecule has 5 rings (SSSR count). The molecule has 2 aliphatic rings. The molecule has 1 amide bonds. The Morgan fingerprint density at radius 3 is 2.69 bits per heavy atom. The van der Waals surface area contributed by atoms with Crippen molar-refractivity contribution in [3.63, 3.8) is 0 Å². The van der Waals surface area contributed by atoms with E-state index in [9.17, 15) is 13.2 Å². The molecule has 1 fully saturated rings. The molecule has 1 atom stereocenters. The molecule has 32 heavy (non-hydrogen) atoms. The second-order valence-corrected chi connectivity index (χ2v) is 11.4. The van der Waals surface area contributed by atoms with Gasteiger partial charge in [0.25, 0.3) is 10.0 Å². The number of fused-ring (bicyclic) bond motifs is 1. The van der Waals surface area contributed by atoms with Crippen molar-refractivity contribution >= 4 is 33.0 Å². The lowest BCUT2D eigenvalue weighted by Crippen LogP contribution is -2.46. The number of para-hydroxylation sites is 1. The van der Waals surface area contributed by atoms with Gasteiger partial charge in [-0.25, -0.2) is 8.42 Å². The van der Waals surface area contributed by atoms with Gasteiger partial charge in [0.2, 0.25) is 17.6 Å². The van der Waals surface area contributed by atoms with Gasteiger partial charge in [-0.3, -0.25) is 4.79 Å². The molecule has 0 aliphatic carbocycles. The van der Waals surface area contributed by atoms with E-state index in [0.29, 0.717) is 43.2 Å². The number of carbonyl (C=O) groups excluding carboxylic acids is 1. The summed E-state index contributed by atoms with van der Waals surface area (Å²) in [5, 5.41) is 5.57. The van der Waals surface area contributed by atoms with E-state index in [1.54, 1.807) is 18.4 Å². The Bertz CT molecular complexity index is 1260. The summed E-state index contributed by atoms with van der Waals surface area (Å²) < 4.78 is 33.0. The van der Waals surface area contributed by atoms with Crippen LogP contribution in [0, 0.1) is 12.8 Å². The van der Waals surface area contributed by atoms with Crippen LogP contribution >= 0.6 is 11.3 Å². The van der Waals surface area contributed by atoms with E-state index in [-0.39, 0.29) is 22.1 Å². The van der Waals surface area contributed by atoms with E-state index in [1.807, 2.05) is 23.1 Å². The summed E-state index contributed by atoms with van der Waals surface area (Å²) in [6.45, 7) is 4.42. The highest BCUT2D eigenvalue weighted by molar-refractivity contribution is 7.91. The molecule has 0 spiro atoms. The molecular formula is C22H24N4O4S2. The number of nitrogens with zero attached hydrogens (tertiary/aromatic N) is 4. The molecule has 0 radical (unpaired) electrons. The van der Waals surface area contributed by atoms with Crippen LogP contribution in [0.25, 0.3) is 11.4 Å². The molecule has 1 aromatic carbocycles. The lowest BCUT2D eigenvalue weighted by Gasteiger charge is -2.33. The Balaban J connectivity index is 1.27. The first-order valence-electron chi connectivity index (χ1n) is 10.6. The van der Waals surface area contributed by atoms with Crippen LogP contribution in [0.3, 0.4) is 0 Å². The second-order valence-electron chi connectivity index (χ2n) is 8.36. The van der Waals surface area contributed by atoms with Gasteiger partial charge < -0.3 is 9.42 Å². The average molecular weight is 473 g/mol. The van der Waals surface area contributed by atoms with Gasteiger partial charge in [-0.1, -0.05) is 23.4 Å². The molecule has 2 aliphatic heterocycles. The van der Waals surface area contributed by atoms with Crippen molar-refractivity contribution in [1.82, 2.24) is 14.4 Å². The van der Waals surface area contributed by atoms with Gasteiger partial charge in [0.05, 0.1) is 0 Å². The number of hydrogen-bond donors (Lipinski definition) is 0. The minimum atomic E-state index is -3.63. The number of aryl methyl sites for hydroxylation is 1. The summed E-state index contributed by atoms with van der Waals surface area (Å²) in [6.07, 6.45) is 1.90. The molecule has 0 bridgehead atoms. The maximum atomic E-state index is 13.3. The van der Waals surface area contributed by atoms with Gasteiger partial charge in [-0.15, -0.1) is 11.3 Å². The highest BCUT2D eigenvalue weighted by atomic mass is 32.2. The van der Waals surface area contributed by atoms with Crippen LogP contribution in [0.15, 0.2) is 44.4 Å². The largest absolute Gasteiger partial charge is 0.339 e. The molecule has 0 saturated carbocycles. The third-order valence-electron chi connectivity index (χ3n) is 6.20. The standard InChI is InChI=1S/C22H24N4O4S2/c1-14-11-17-5-3-4-6-19(17)26(14)22(27)16-7-9-25(10-8-16)32(28,29)20-12-18(13-31-20)21-23-15(2)30-24-21/h3-6,12-14,16H,7-11H2,1-2H3. The second kappa shape index (κ2) is 8.09. The summed E-state index contributed by atoms with van der Waals surface area (Å²) in [7, 11) is -3.63. The van der Waals surface area contributed by atoms with Crippen LogP contribution in [-0.2, 0) is 21.2 Å². The van der Waals surface area contributed by atoms with Crippen molar-refractivity contribution < 1.29 is 17.7 Å². The van der Waals surface area contributed by atoms with Crippen molar-refractivity contribution in [1.29, 1.82) is 0 Å². The van der Waals surface area contributed by atoms with E-state index >= 15 is 0 Å². The summed E-state index contributed by atoms with van der Waals surface area (Å²) in [5.74, 6) is 0.739. The van der Waals surface area contributed by atoms with E-state index < -0.39 is 10.0 Å². The van der Waals surface area contributed by atoms with Gasteiger partial charge in [0, 0.05) is 48.6 Å². The minimum absolute atomic E-state index is 0.102. The third-order valence-corrected chi connectivity index (χ3v) is 9.52. The number of hydrogen-bond acceptors (Lipinski definition) is 7. The van der Waals surface area contributed by atoms with Crippen LogP contribution in [-0.4, -0.2) is 47.9 Å². The first-order valence-corrected chi connectivity index (χ1v) is 13.0. The monoisotopic (exact) mass is 472 g/mol. The number of thiophene rings is 1. The predicted molar refractivity (Wildman–Crippen MR) is 121 cm³/mol. The number of anilines is 1. The van der Waals surface area contributed by atoms with E-state index in [1.165, 1.54) is 9.87 Å². The van der Waals surface area contributed by atoms with E-state index in [4.69, 9.17) is 4.52 Å². The van der Waals surface area contributed by atoms with Crippen molar-refractivity contribution in [2.75, 3.05) is 18.0 Å². The highest BCUT2D eigenvalue weighted by Crippen LogP contribution is 2.36. The first-order chi connectivity index (χ1) is 15.3. The zero-order valence-electron chi connectivity index (χ0n) is 17.9. The Morgan fingerprint density at radius 2 is 1.97 bits per heavy atom. The Hall–Kier alpha value is -2.56. The number of amides is 1. The van der Waals surface area contributed by atoms with Gasteiger partial charge in [0.1, 0.15) is 4.21 Å². The van der Waals surface area contributed by atoms with Crippen LogP contribution in [0.5, 0.6) is 0 Å². The SMILES string of the molecule is Cc1nc(-c2csc(S(=O)(=O)N3CCC(C(=O)N4c5ccccc5CC4C)CC3)c2)no1. The molecule has 0 N–H and O–H groups in total. The molecule has 2 aromatic heterocycles. The van der Waals surface area contributed by atoms with E-state index in [2.05, 4.69) is 23.1 Å². The Labute approximate surface area is 190 Å². The molecule has 4 heterocycles. The molecule has 168 valence electrons.